The Morgan fingerprint density at radius 1 is 1.00 bits per heavy atom. The van der Waals surface area contributed by atoms with Crippen LogP contribution in [0.1, 0.15) is 29.2 Å². The van der Waals surface area contributed by atoms with E-state index in [1.807, 2.05) is 43.3 Å². The van der Waals surface area contributed by atoms with Crippen molar-refractivity contribution in [1.29, 1.82) is 0 Å². The van der Waals surface area contributed by atoms with Crippen LogP contribution < -0.4 is 5.32 Å². The van der Waals surface area contributed by atoms with Crippen LogP contribution in [0.25, 0.3) is 0 Å². The lowest BCUT2D eigenvalue weighted by Gasteiger charge is -2.29. The second kappa shape index (κ2) is 10.2. The van der Waals surface area contributed by atoms with E-state index in [0.717, 1.165) is 16.9 Å². The number of aryl methyl sites for hydroxylation is 2. The van der Waals surface area contributed by atoms with Crippen LogP contribution in [0.3, 0.4) is 0 Å². The number of nitrogens with one attached hydrogen (secondary N) is 1. The Kier molecular flexibility index (Phi) is 7.92. The summed E-state index contributed by atoms with van der Waals surface area (Å²) in [5.74, 6) is 0.959. The van der Waals surface area contributed by atoms with Crippen LogP contribution in [0.15, 0.2) is 48.5 Å². The maximum atomic E-state index is 12.9. The summed E-state index contributed by atoms with van der Waals surface area (Å²) >= 11 is 1.59. The fourth-order valence-electron chi connectivity index (χ4n) is 2.87. The highest BCUT2D eigenvalue weighted by Crippen LogP contribution is 2.19. The predicted molar refractivity (Wildman–Crippen MR) is 113 cm³/mol. The Hall–Kier alpha value is -2.27. The Labute approximate surface area is 166 Å². The van der Waals surface area contributed by atoms with Crippen LogP contribution in [0.2, 0.25) is 0 Å². The maximum Gasteiger partial charge on any atom is 0.242 e. The molecule has 0 aromatic heterocycles. The third-order valence-electron chi connectivity index (χ3n) is 4.76. The van der Waals surface area contributed by atoms with E-state index in [1.165, 1.54) is 11.1 Å². The lowest BCUT2D eigenvalue weighted by Crippen LogP contribution is -2.47. The minimum absolute atomic E-state index is 0.0204. The van der Waals surface area contributed by atoms with Gasteiger partial charge in [0.1, 0.15) is 6.04 Å². The van der Waals surface area contributed by atoms with E-state index >= 15 is 0 Å². The number of amides is 2. The Morgan fingerprint density at radius 3 is 2.11 bits per heavy atom. The van der Waals surface area contributed by atoms with Crippen LogP contribution >= 0.6 is 11.8 Å². The monoisotopic (exact) mass is 384 g/mol. The van der Waals surface area contributed by atoms with Gasteiger partial charge < -0.3 is 10.2 Å². The van der Waals surface area contributed by atoms with E-state index in [0.29, 0.717) is 12.3 Å². The standard InChI is InChI=1S/C22H28N2O2S/c1-16-9-5-7-11-19(16)13-24(18(3)22(26)23-4)21(25)15-27-14-20-12-8-6-10-17(20)2/h5-12,18H,13-15H2,1-4H3,(H,23,26). The van der Waals surface area contributed by atoms with Gasteiger partial charge in [-0.2, -0.15) is 0 Å². The number of nitrogens with zero attached hydrogens (tertiary/aromatic N) is 1. The number of carbonyl (C=O) groups is 2. The molecule has 0 fully saturated rings. The van der Waals surface area contributed by atoms with Crippen molar-refractivity contribution in [2.24, 2.45) is 0 Å². The summed E-state index contributed by atoms with van der Waals surface area (Å²) in [4.78, 5) is 26.8. The summed E-state index contributed by atoms with van der Waals surface area (Å²) in [6, 6.07) is 15.7. The van der Waals surface area contributed by atoms with E-state index in [1.54, 1.807) is 30.6 Å². The van der Waals surface area contributed by atoms with Gasteiger partial charge in [0.2, 0.25) is 11.8 Å². The Bertz CT molecular complexity index is 791. The highest BCUT2D eigenvalue weighted by molar-refractivity contribution is 7.99. The quantitative estimate of drug-likeness (QED) is 0.755. The number of hydrogen-bond acceptors (Lipinski definition) is 3. The number of benzene rings is 2. The topological polar surface area (TPSA) is 49.4 Å². The van der Waals surface area contributed by atoms with Crippen LogP contribution in [0, 0.1) is 13.8 Å². The van der Waals surface area contributed by atoms with E-state index in [4.69, 9.17) is 0 Å². The molecule has 0 aliphatic heterocycles. The van der Waals surface area contributed by atoms with Crippen molar-refractivity contribution < 1.29 is 9.59 Å². The largest absolute Gasteiger partial charge is 0.357 e. The fraction of sp³-hybridized carbons (Fsp3) is 0.364. The molecule has 0 aliphatic rings. The molecule has 1 unspecified atom stereocenters. The molecular formula is C22H28N2O2S. The highest BCUT2D eigenvalue weighted by atomic mass is 32.2. The zero-order valence-electron chi connectivity index (χ0n) is 16.5. The average Bonchev–Trinajstić information content (AvgIpc) is 2.67. The molecule has 0 spiro atoms. The first kappa shape index (κ1) is 21.0. The van der Waals surface area contributed by atoms with Crippen molar-refractivity contribution >= 4 is 23.6 Å². The number of rotatable bonds is 8. The second-order valence-electron chi connectivity index (χ2n) is 6.66. The van der Waals surface area contributed by atoms with Gasteiger partial charge >= 0.3 is 0 Å². The Morgan fingerprint density at radius 2 is 1.56 bits per heavy atom. The summed E-state index contributed by atoms with van der Waals surface area (Å²) in [7, 11) is 1.60. The number of carbonyl (C=O) groups excluding carboxylic acids is 2. The maximum absolute atomic E-state index is 12.9. The molecule has 2 aromatic rings. The average molecular weight is 385 g/mol. The van der Waals surface area contributed by atoms with Gasteiger partial charge in [0.05, 0.1) is 5.75 Å². The summed E-state index contributed by atoms with van der Waals surface area (Å²) in [6.45, 7) is 6.32. The van der Waals surface area contributed by atoms with Gasteiger partial charge in [-0.05, 0) is 43.0 Å². The predicted octanol–water partition coefficient (Wildman–Crippen LogP) is 3.70. The molecule has 0 bridgehead atoms. The second-order valence-corrected chi connectivity index (χ2v) is 7.64. The number of thioether (sulfide) groups is 1. The zero-order valence-corrected chi connectivity index (χ0v) is 17.3. The van der Waals surface area contributed by atoms with Crippen LogP contribution in [-0.2, 0) is 21.9 Å². The van der Waals surface area contributed by atoms with E-state index in [2.05, 4.69) is 24.4 Å². The molecule has 0 aliphatic carbocycles. The third kappa shape index (κ3) is 5.86. The van der Waals surface area contributed by atoms with Crippen LogP contribution in [0.5, 0.6) is 0 Å². The van der Waals surface area contributed by atoms with Gasteiger partial charge in [-0.25, -0.2) is 0 Å². The van der Waals surface area contributed by atoms with Crippen molar-refractivity contribution in [3.05, 3.63) is 70.8 Å². The first-order chi connectivity index (χ1) is 12.9. The van der Waals surface area contributed by atoms with Gasteiger partial charge in [0.15, 0.2) is 0 Å². The van der Waals surface area contributed by atoms with E-state index in [-0.39, 0.29) is 11.8 Å². The minimum Gasteiger partial charge on any atom is -0.357 e. The molecule has 1 atom stereocenters. The lowest BCUT2D eigenvalue weighted by molar-refractivity contribution is -0.138. The minimum atomic E-state index is -0.513. The molecule has 1 N–H and O–H groups in total. The molecule has 144 valence electrons. The summed E-state index contributed by atoms with van der Waals surface area (Å²) in [6.07, 6.45) is 0. The number of hydrogen-bond donors (Lipinski definition) is 1. The summed E-state index contributed by atoms with van der Waals surface area (Å²) in [5, 5.41) is 2.65. The van der Waals surface area contributed by atoms with Crippen molar-refractivity contribution in [2.75, 3.05) is 12.8 Å². The van der Waals surface area contributed by atoms with Crippen LogP contribution in [-0.4, -0.2) is 35.6 Å². The zero-order chi connectivity index (χ0) is 19.8. The molecule has 2 rings (SSSR count). The first-order valence-electron chi connectivity index (χ1n) is 9.12. The van der Waals surface area contributed by atoms with Gasteiger partial charge in [-0.1, -0.05) is 48.5 Å². The van der Waals surface area contributed by atoms with Gasteiger partial charge in [0.25, 0.3) is 0 Å². The smallest absolute Gasteiger partial charge is 0.242 e. The molecule has 5 heteroatoms. The summed E-state index contributed by atoms with van der Waals surface area (Å²) in [5.41, 5.74) is 4.64. The first-order valence-corrected chi connectivity index (χ1v) is 10.3. The molecule has 27 heavy (non-hydrogen) atoms. The lowest BCUT2D eigenvalue weighted by atomic mass is 10.1. The van der Waals surface area contributed by atoms with Gasteiger partial charge in [-0.15, -0.1) is 11.8 Å². The van der Waals surface area contributed by atoms with Crippen molar-refractivity contribution in [3.63, 3.8) is 0 Å². The molecular weight excluding hydrogens is 356 g/mol. The van der Waals surface area contributed by atoms with Gasteiger partial charge in [0, 0.05) is 19.3 Å². The Balaban J connectivity index is 2.07. The number of likely N-dealkylation sites (N-methyl/N-ethyl adjacent to an activating group) is 1. The molecule has 0 saturated carbocycles. The molecule has 0 radical (unpaired) electrons. The third-order valence-corrected chi connectivity index (χ3v) is 5.73. The highest BCUT2D eigenvalue weighted by Gasteiger charge is 2.25. The van der Waals surface area contributed by atoms with Crippen LogP contribution in [0.4, 0.5) is 0 Å². The molecule has 2 amide bonds. The summed E-state index contributed by atoms with van der Waals surface area (Å²) < 4.78 is 0. The van der Waals surface area contributed by atoms with Gasteiger partial charge in [-0.3, -0.25) is 9.59 Å². The fourth-order valence-corrected chi connectivity index (χ4v) is 3.85. The molecule has 2 aromatic carbocycles. The van der Waals surface area contributed by atoms with Crippen molar-refractivity contribution in [3.8, 4) is 0 Å². The van der Waals surface area contributed by atoms with E-state index in [9.17, 15) is 9.59 Å². The SMILES string of the molecule is CNC(=O)C(C)N(Cc1ccccc1C)C(=O)CSCc1ccccc1C. The molecule has 0 heterocycles. The van der Waals surface area contributed by atoms with E-state index < -0.39 is 6.04 Å². The molecule has 4 nitrogen and oxygen atoms in total. The normalized spacial score (nSPS) is 11.7. The van der Waals surface area contributed by atoms with Crippen molar-refractivity contribution in [2.45, 2.75) is 39.1 Å². The molecule has 0 saturated heterocycles. The van der Waals surface area contributed by atoms with Crippen molar-refractivity contribution in [1.82, 2.24) is 10.2 Å².